The van der Waals surface area contributed by atoms with Crippen LogP contribution in [-0.4, -0.2) is 28.6 Å². The van der Waals surface area contributed by atoms with Gasteiger partial charge in [0, 0.05) is 12.4 Å². The molecule has 0 spiro atoms. The molecule has 0 aliphatic carbocycles. The molecule has 0 aliphatic heterocycles. The fraction of sp³-hybridized carbons (Fsp3) is 0.364. The Morgan fingerprint density at radius 2 is 2.31 bits per heavy atom. The van der Waals surface area contributed by atoms with Crippen molar-refractivity contribution in [2.45, 2.75) is 19.3 Å². The number of hydrogen-bond donors (Lipinski definition) is 1. The number of hydrogen-bond acceptors (Lipinski definition) is 4. The van der Waals surface area contributed by atoms with Gasteiger partial charge in [-0.2, -0.15) is 0 Å². The van der Waals surface area contributed by atoms with Gasteiger partial charge in [-0.1, -0.05) is 13.0 Å². The average Bonchev–Trinajstić information content (AvgIpc) is 2.29. The van der Waals surface area contributed by atoms with E-state index < -0.39 is 24.5 Å². The van der Waals surface area contributed by atoms with E-state index in [4.69, 9.17) is 5.11 Å². The van der Waals surface area contributed by atoms with E-state index in [9.17, 15) is 9.59 Å². The fourth-order valence-electron chi connectivity index (χ4n) is 1.35. The molecule has 0 saturated heterocycles. The van der Waals surface area contributed by atoms with Crippen LogP contribution in [-0.2, 0) is 14.3 Å². The third-order valence-corrected chi connectivity index (χ3v) is 2.12. The van der Waals surface area contributed by atoms with E-state index in [1.165, 1.54) is 0 Å². The summed E-state index contributed by atoms with van der Waals surface area (Å²) in [6.45, 7) is 1.23. The summed E-state index contributed by atoms with van der Waals surface area (Å²) in [7, 11) is 0. The normalized spacial score (nSPS) is 11.8. The first-order valence-electron chi connectivity index (χ1n) is 4.93. The van der Waals surface area contributed by atoms with Crippen molar-refractivity contribution in [3.63, 3.8) is 0 Å². The average molecular weight is 223 g/mol. The number of carboxylic acids is 1. The summed E-state index contributed by atoms with van der Waals surface area (Å²) < 4.78 is 4.64. The first-order valence-corrected chi connectivity index (χ1v) is 4.93. The monoisotopic (exact) mass is 223 g/mol. The summed E-state index contributed by atoms with van der Waals surface area (Å²) in [5.41, 5.74) is 0.736. The summed E-state index contributed by atoms with van der Waals surface area (Å²) in [5.74, 6) is -2.14. The number of pyridine rings is 1. The van der Waals surface area contributed by atoms with Crippen molar-refractivity contribution in [2.75, 3.05) is 6.61 Å². The number of ether oxygens (including phenoxy) is 1. The number of rotatable bonds is 5. The largest absolute Gasteiger partial charge is 0.479 e. The van der Waals surface area contributed by atoms with Crippen LogP contribution in [0.15, 0.2) is 24.5 Å². The van der Waals surface area contributed by atoms with E-state index in [0.717, 1.165) is 5.56 Å². The lowest BCUT2D eigenvalue weighted by atomic mass is 9.98. The van der Waals surface area contributed by atoms with Gasteiger partial charge < -0.3 is 9.84 Å². The molecule has 5 heteroatoms. The van der Waals surface area contributed by atoms with Crippen molar-refractivity contribution >= 4 is 11.9 Å². The Kier molecular flexibility index (Phi) is 4.44. The Hall–Kier alpha value is -1.91. The van der Waals surface area contributed by atoms with E-state index in [1.807, 2.05) is 6.92 Å². The Labute approximate surface area is 93.1 Å². The second-order valence-electron chi connectivity index (χ2n) is 3.25. The number of aromatic nitrogens is 1. The maximum absolute atomic E-state index is 11.6. The standard InChI is InChI=1S/C11H13NO4/c1-2-9(8-4-3-5-12-6-8)11(15)16-7-10(13)14/h3-6,9H,2,7H2,1H3,(H,13,14). The highest BCUT2D eigenvalue weighted by Crippen LogP contribution is 2.19. The summed E-state index contributed by atoms with van der Waals surface area (Å²) in [4.78, 5) is 25.7. The van der Waals surface area contributed by atoms with Crippen LogP contribution in [0.25, 0.3) is 0 Å². The molecular weight excluding hydrogens is 210 g/mol. The summed E-state index contributed by atoms with van der Waals surface area (Å²) in [6.07, 6.45) is 3.74. The van der Waals surface area contributed by atoms with Crippen LogP contribution in [0.1, 0.15) is 24.8 Å². The van der Waals surface area contributed by atoms with Crippen LogP contribution in [0, 0.1) is 0 Å². The van der Waals surface area contributed by atoms with Crippen molar-refractivity contribution in [3.05, 3.63) is 30.1 Å². The lowest BCUT2D eigenvalue weighted by Crippen LogP contribution is -2.19. The van der Waals surface area contributed by atoms with Crippen LogP contribution in [0.5, 0.6) is 0 Å². The minimum absolute atomic E-state index is 0.451. The lowest BCUT2D eigenvalue weighted by molar-refractivity contribution is -0.156. The molecule has 0 aromatic carbocycles. The topological polar surface area (TPSA) is 76.5 Å². The summed E-state index contributed by atoms with van der Waals surface area (Å²) in [5, 5.41) is 8.40. The van der Waals surface area contributed by atoms with Gasteiger partial charge in [0.25, 0.3) is 0 Å². The van der Waals surface area contributed by atoms with Gasteiger partial charge in [-0.15, -0.1) is 0 Å². The highest BCUT2D eigenvalue weighted by molar-refractivity contribution is 5.80. The number of carbonyl (C=O) groups is 2. The number of nitrogens with zero attached hydrogens (tertiary/aromatic N) is 1. The molecule has 1 heterocycles. The third kappa shape index (κ3) is 3.34. The van der Waals surface area contributed by atoms with Gasteiger partial charge in [0.1, 0.15) is 0 Å². The predicted octanol–water partition coefficient (Wildman–Crippen LogP) is 1.20. The molecule has 1 N–H and O–H groups in total. The molecule has 5 nitrogen and oxygen atoms in total. The van der Waals surface area contributed by atoms with E-state index in [0.29, 0.717) is 6.42 Å². The zero-order valence-corrected chi connectivity index (χ0v) is 8.92. The van der Waals surface area contributed by atoms with Crippen LogP contribution in [0.3, 0.4) is 0 Å². The first kappa shape index (κ1) is 12.2. The molecule has 1 aromatic rings. The van der Waals surface area contributed by atoms with Gasteiger partial charge in [-0.05, 0) is 18.1 Å². The molecule has 0 aliphatic rings. The minimum atomic E-state index is -1.16. The zero-order chi connectivity index (χ0) is 12.0. The molecule has 0 bridgehead atoms. The molecule has 0 fully saturated rings. The van der Waals surface area contributed by atoms with Gasteiger partial charge in [0.05, 0.1) is 5.92 Å². The molecule has 1 unspecified atom stereocenters. The van der Waals surface area contributed by atoms with Gasteiger partial charge in [-0.25, -0.2) is 4.79 Å². The zero-order valence-electron chi connectivity index (χ0n) is 8.92. The SMILES string of the molecule is CCC(C(=O)OCC(=O)O)c1cccnc1. The van der Waals surface area contributed by atoms with Gasteiger partial charge in [0.2, 0.25) is 0 Å². The van der Waals surface area contributed by atoms with Crippen molar-refractivity contribution in [1.29, 1.82) is 0 Å². The molecule has 1 atom stereocenters. The van der Waals surface area contributed by atoms with E-state index in [2.05, 4.69) is 9.72 Å². The van der Waals surface area contributed by atoms with Crippen molar-refractivity contribution < 1.29 is 19.4 Å². The van der Waals surface area contributed by atoms with Crippen LogP contribution < -0.4 is 0 Å². The number of esters is 1. The van der Waals surface area contributed by atoms with Gasteiger partial charge in [-0.3, -0.25) is 9.78 Å². The quantitative estimate of drug-likeness (QED) is 0.759. The summed E-state index contributed by atoms with van der Waals surface area (Å²) in [6, 6.07) is 3.49. The fourth-order valence-corrected chi connectivity index (χ4v) is 1.35. The number of aliphatic carboxylic acids is 1. The van der Waals surface area contributed by atoms with Crippen LogP contribution >= 0.6 is 0 Å². The molecule has 16 heavy (non-hydrogen) atoms. The van der Waals surface area contributed by atoms with E-state index in [-0.39, 0.29) is 0 Å². The molecule has 0 saturated carbocycles. The van der Waals surface area contributed by atoms with Crippen LogP contribution in [0.2, 0.25) is 0 Å². The number of carbonyl (C=O) groups excluding carboxylic acids is 1. The third-order valence-electron chi connectivity index (χ3n) is 2.12. The predicted molar refractivity (Wildman–Crippen MR) is 55.9 cm³/mol. The van der Waals surface area contributed by atoms with Crippen molar-refractivity contribution in [3.8, 4) is 0 Å². The maximum atomic E-state index is 11.6. The van der Waals surface area contributed by atoms with Crippen molar-refractivity contribution in [2.24, 2.45) is 0 Å². The van der Waals surface area contributed by atoms with Crippen molar-refractivity contribution in [1.82, 2.24) is 4.98 Å². The van der Waals surface area contributed by atoms with E-state index in [1.54, 1.807) is 24.5 Å². The smallest absolute Gasteiger partial charge is 0.341 e. The molecule has 0 amide bonds. The molecule has 0 radical (unpaired) electrons. The molecule has 1 aromatic heterocycles. The molecule has 86 valence electrons. The highest BCUT2D eigenvalue weighted by Gasteiger charge is 2.20. The Balaban J connectivity index is 2.68. The van der Waals surface area contributed by atoms with Crippen LogP contribution in [0.4, 0.5) is 0 Å². The maximum Gasteiger partial charge on any atom is 0.341 e. The number of carboxylic acid groups (broad SMARTS) is 1. The molecular formula is C11H13NO4. The minimum Gasteiger partial charge on any atom is -0.479 e. The molecule has 1 rings (SSSR count). The highest BCUT2D eigenvalue weighted by atomic mass is 16.5. The Morgan fingerprint density at radius 3 is 2.81 bits per heavy atom. The van der Waals surface area contributed by atoms with Gasteiger partial charge in [0.15, 0.2) is 6.61 Å². The lowest BCUT2D eigenvalue weighted by Gasteiger charge is -2.12. The summed E-state index contributed by atoms with van der Waals surface area (Å²) >= 11 is 0. The second-order valence-corrected chi connectivity index (χ2v) is 3.25. The second kappa shape index (κ2) is 5.85. The Bertz CT molecular complexity index is 364. The Morgan fingerprint density at radius 1 is 1.56 bits per heavy atom. The first-order chi connectivity index (χ1) is 7.65. The van der Waals surface area contributed by atoms with Gasteiger partial charge >= 0.3 is 11.9 Å². The van der Waals surface area contributed by atoms with E-state index >= 15 is 0 Å².